The van der Waals surface area contributed by atoms with Crippen molar-refractivity contribution in [2.45, 2.75) is 6.10 Å². The molecule has 1 N–H and O–H groups in total. The van der Waals surface area contributed by atoms with E-state index in [2.05, 4.69) is 0 Å². The third-order valence-electron chi connectivity index (χ3n) is 1.93. The standard InChI is InChI=1S/C6H13NO5S2/c1-13(9,10)2-3-14(11,12)7-4-6(8)5-7/h6,8H,2-5H2,1H3. The monoisotopic (exact) mass is 243 g/mol. The molecule has 0 spiro atoms. The predicted octanol–water partition coefficient (Wildman–Crippen LogP) is -1.96. The molecule has 1 rings (SSSR count). The zero-order valence-electron chi connectivity index (χ0n) is 7.75. The fourth-order valence-electron chi connectivity index (χ4n) is 1.03. The Morgan fingerprint density at radius 1 is 1.21 bits per heavy atom. The van der Waals surface area contributed by atoms with Crippen molar-refractivity contribution in [3.8, 4) is 0 Å². The van der Waals surface area contributed by atoms with E-state index in [0.717, 1.165) is 10.6 Å². The predicted molar refractivity (Wildman–Crippen MR) is 51.1 cm³/mol. The molecule has 0 aromatic rings. The molecule has 1 fully saturated rings. The normalized spacial score (nSPS) is 20.7. The van der Waals surface area contributed by atoms with E-state index in [9.17, 15) is 16.8 Å². The minimum atomic E-state index is -3.50. The molecule has 6 nitrogen and oxygen atoms in total. The Morgan fingerprint density at radius 3 is 2.07 bits per heavy atom. The lowest BCUT2D eigenvalue weighted by Gasteiger charge is -2.34. The average molecular weight is 243 g/mol. The van der Waals surface area contributed by atoms with Crippen molar-refractivity contribution < 1.29 is 21.9 Å². The molecule has 0 bridgehead atoms. The van der Waals surface area contributed by atoms with Crippen LogP contribution in [0.25, 0.3) is 0 Å². The molecule has 14 heavy (non-hydrogen) atoms. The fraction of sp³-hybridized carbons (Fsp3) is 1.00. The molecule has 0 amide bonds. The van der Waals surface area contributed by atoms with Crippen molar-refractivity contribution in [3.63, 3.8) is 0 Å². The molecule has 1 aliphatic rings. The zero-order valence-corrected chi connectivity index (χ0v) is 9.38. The van der Waals surface area contributed by atoms with Gasteiger partial charge in [-0.2, -0.15) is 4.31 Å². The van der Waals surface area contributed by atoms with Gasteiger partial charge < -0.3 is 5.11 Å². The third-order valence-corrected chi connectivity index (χ3v) is 4.94. The summed E-state index contributed by atoms with van der Waals surface area (Å²) in [7, 11) is -6.75. The minimum Gasteiger partial charge on any atom is -0.390 e. The molecule has 0 unspecified atom stereocenters. The number of rotatable bonds is 4. The van der Waals surface area contributed by atoms with Crippen LogP contribution in [0.15, 0.2) is 0 Å². The van der Waals surface area contributed by atoms with Crippen LogP contribution in [-0.2, 0) is 19.9 Å². The number of nitrogens with zero attached hydrogens (tertiary/aromatic N) is 1. The van der Waals surface area contributed by atoms with Crippen molar-refractivity contribution in [1.82, 2.24) is 4.31 Å². The first-order valence-electron chi connectivity index (χ1n) is 4.04. The lowest BCUT2D eigenvalue weighted by Crippen LogP contribution is -2.54. The molecule has 0 aromatic carbocycles. The van der Waals surface area contributed by atoms with Gasteiger partial charge in [0.25, 0.3) is 0 Å². The van der Waals surface area contributed by atoms with Gasteiger partial charge in [-0.3, -0.25) is 0 Å². The second-order valence-corrected chi connectivity index (χ2v) is 7.76. The quantitative estimate of drug-likeness (QED) is 0.619. The van der Waals surface area contributed by atoms with Crippen LogP contribution in [0.5, 0.6) is 0 Å². The molecule has 84 valence electrons. The highest BCUT2D eigenvalue weighted by atomic mass is 32.2. The van der Waals surface area contributed by atoms with E-state index in [1.807, 2.05) is 0 Å². The summed E-state index contributed by atoms with van der Waals surface area (Å²) >= 11 is 0. The van der Waals surface area contributed by atoms with Crippen LogP contribution >= 0.6 is 0 Å². The number of hydrogen-bond acceptors (Lipinski definition) is 5. The fourth-order valence-corrected chi connectivity index (χ4v) is 4.14. The first-order valence-corrected chi connectivity index (χ1v) is 7.71. The van der Waals surface area contributed by atoms with Crippen molar-refractivity contribution in [3.05, 3.63) is 0 Å². The van der Waals surface area contributed by atoms with Crippen LogP contribution < -0.4 is 0 Å². The van der Waals surface area contributed by atoms with E-state index in [1.54, 1.807) is 0 Å². The maximum atomic E-state index is 11.4. The second kappa shape index (κ2) is 3.76. The number of aliphatic hydroxyl groups excluding tert-OH is 1. The van der Waals surface area contributed by atoms with Gasteiger partial charge in [-0.15, -0.1) is 0 Å². The summed E-state index contributed by atoms with van der Waals surface area (Å²) in [6, 6.07) is 0. The van der Waals surface area contributed by atoms with Gasteiger partial charge in [0.2, 0.25) is 10.0 Å². The molecule has 0 aliphatic carbocycles. The summed E-state index contributed by atoms with van der Waals surface area (Å²) in [5.41, 5.74) is 0. The Bertz CT molecular complexity index is 392. The Kier molecular flexibility index (Phi) is 3.20. The van der Waals surface area contributed by atoms with Gasteiger partial charge in [0.1, 0.15) is 9.84 Å². The Morgan fingerprint density at radius 2 is 1.71 bits per heavy atom. The topological polar surface area (TPSA) is 91.8 Å². The van der Waals surface area contributed by atoms with Crippen molar-refractivity contribution in [2.75, 3.05) is 30.9 Å². The number of sulfonamides is 1. The highest BCUT2D eigenvalue weighted by Gasteiger charge is 2.34. The van der Waals surface area contributed by atoms with Crippen LogP contribution in [0, 0.1) is 0 Å². The minimum absolute atomic E-state index is 0.0755. The summed E-state index contributed by atoms with van der Waals surface area (Å²) in [5.74, 6) is -0.777. The maximum Gasteiger partial charge on any atom is 0.215 e. The van der Waals surface area contributed by atoms with E-state index >= 15 is 0 Å². The van der Waals surface area contributed by atoms with Gasteiger partial charge >= 0.3 is 0 Å². The van der Waals surface area contributed by atoms with E-state index in [-0.39, 0.29) is 18.8 Å². The summed E-state index contributed by atoms with van der Waals surface area (Å²) in [6.07, 6.45) is 0.385. The van der Waals surface area contributed by atoms with Gasteiger partial charge in [0.15, 0.2) is 0 Å². The van der Waals surface area contributed by atoms with Gasteiger partial charge in [-0.25, -0.2) is 16.8 Å². The first kappa shape index (κ1) is 11.9. The largest absolute Gasteiger partial charge is 0.390 e. The number of hydrogen-bond donors (Lipinski definition) is 1. The number of sulfone groups is 1. The van der Waals surface area contributed by atoms with Crippen LogP contribution in [0.1, 0.15) is 0 Å². The molecule has 1 aliphatic heterocycles. The lowest BCUT2D eigenvalue weighted by atomic mass is 10.2. The molecule has 8 heteroatoms. The highest BCUT2D eigenvalue weighted by Crippen LogP contribution is 2.13. The van der Waals surface area contributed by atoms with E-state index in [4.69, 9.17) is 5.11 Å². The van der Waals surface area contributed by atoms with E-state index in [1.165, 1.54) is 0 Å². The van der Waals surface area contributed by atoms with Gasteiger partial charge in [0, 0.05) is 19.3 Å². The molecule has 1 heterocycles. The summed E-state index contributed by atoms with van der Waals surface area (Å²) < 4.78 is 45.3. The molecule has 0 saturated carbocycles. The first-order chi connectivity index (χ1) is 6.21. The Balaban J connectivity index is 2.52. The van der Waals surface area contributed by atoms with E-state index < -0.39 is 31.7 Å². The molecule has 0 radical (unpaired) electrons. The maximum absolute atomic E-state index is 11.4. The number of aliphatic hydroxyl groups is 1. The molecule has 1 saturated heterocycles. The highest BCUT2D eigenvalue weighted by molar-refractivity contribution is 7.93. The zero-order chi connectivity index (χ0) is 11.0. The molecule has 0 atom stereocenters. The van der Waals surface area contributed by atoms with Crippen LogP contribution in [0.2, 0.25) is 0 Å². The average Bonchev–Trinajstić information content (AvgIpc) is 1.94. The smallest absolute Gasteiger partial charge is 0.215 e. The Hall–Kier alpha value is -0.180. The Labute approximate surface area is 83.5 Å². The van der Waals surface area contributed by atoms with Gasteiger partial charge in [-0.05, 0) is 0 Å². The molecular formula is C6H13NO5S2. The van der Waals surface area contributed by atoms with Gasteiger partial charge in [0.05, 0.1) is 17.6 Å². The van der Waals surface area contributed by atoms with Crippen molar-refractivity contribution in [1.29, 1.82) is 0 Å². The summed E-state index contributed by atoms with van der Waals surface area (Å²) in [5, 5.41) is 8.89. The van der Waals surface area contributed by atoms with Crippen LogP contribution in [0.4, 0.5) is 0 Å². The molecule has 0 aromatic heterocycles. The van der Waals surface area contributed by atoms with Crippen molar-refractivity contribution >= 4 is 19.9 Å². The number of β-amino-alcohol motifs (C(OH)–C–C–N with tert-alkyl or cyclic N) is 1. The SMILES string of the molecule is CS(=O)(=O)CCS(=O)(=O)N1CC(O)C1. The summed E-state index contributed by atoms with van der Waals surface area (Å²) in [6.45, 7) is 0.151. The van der Waals surface area contributed by atoms with Crippen LogP contribution in [-0.4, -0.2) is 63.2 Å². The lowest BCUT2D eigenvalue weighted by molar-refractivity contribution is 0.0549. The van der Waals surface area contributed by atoms with E-state index in [0.29, 0.717) is 0 Å². The van der Waals surface area contributed by atoms with Crippen molar-refractivity contribution in [2.24, 2.45) is 0 Å². The van der Waals surface area contributed by atoms with Gasteiger partial charge in [-0.1, -0.05) is 0 Å². The second-order valence-electron chi connectivity index (χ2n) is 3.42. The van der Waals surface area contributed by atoms with Crippen LogP contribution in [0.3, 0.4) is 0 Å². The third kappa shape index (κ3) is 3.19. The molecular weight excluding hydrogens is 230 g/mol. The summed E-state index contributed by atoms with van der Waals surface area (Å²) in [4.78, 5) is 0.